The lowest BCUT2D eigenvalue weighted by Gasteiger charge is -2.60. The Labute approximate surface area is 126 Å². The number of rotatable bonds is 3. The Kier molecular flexibility index (Phi) is 2.76. The zero-order valence-electron chi connectivity index (χ0n) is 13.0. The Morgan fingerprint density at radius 1 is 1.38 bits per heavy atom. The second kappa shape index (κ2) is 4.34. The molecule has 4 aliphatic carbocycles. The number of amides is 1. The molecule has 0 aromatic carbocycles. The summed E-state index contributed by atoms with van der Waals surface area (Å²) in [6, 6.07) is 0. The third-order valence-corrected chi connectivity index (χ3v) is 6.17. The largest absolute Gasteiger partial charge is 0.310 e. The van der Waals surface area contributed by atoms with Crippen molar-refractivity contribution < 1.29 is 4.79 Å². The van der Waals surface area contributed by atoms with Gasteiger partial charge in [-0.15, -0.1) is 0 Å². The molecule has 4 heteroatoms. The van der Waals surface area contributed by atoms with E-state index in [0.717, 1.165) is 48.9 Å². The SMILES string of the molecule is CCc1cn[nH]c1NC(=O)C12CC3CC(CC(C)(C3)C1)C2. The number of carbonyl (C=O) groups is 1. The van der Waals surface area contributed by atoms with Crippen molar-refractivity contribution in [2.45, 2.75) is 58.8 Å². The molecule has 1 aromatic rings. The Hall–Kier alpha value is -1.32. The van der Waals surface area contributed by atoms with Crippen LogP contribution in [-0.2, 0) is 11.2 Å². The lowest BCUT2D eigenvalue weighted by molar-refractivity contribution is -0.149. The van der Waals surface area contributed by atoms with E-state index in [1.807, 2.05) is 6.20 Å². The lowest BCUT2D eigenvalue weighted by Crippen LogP contribution is -2.55. The summed E-state index contributed by atoms with van der Waals surface area (Å²) in [5.74, 6) is 2.59. The molecule has 2 unspecified atom stereocenters. The van der Waals surface area contributed by atoms with Gasteiger partial charge >= 0.3 is 0 Å². The minimum absolute atomic E-state index is 0.116. The van der Waals surface area contributed by atoms with Gasteiger partial charge in [-0.2, -0.15) is 5.10 Å². The maximum atomic E-state index is 13.0. The van der Waals surface area contributed by atoms with E-state index in [-0.39, 0.29) is 11.3 Å². The molecule has 21 heavy (non-hydrogen) atoms. The zero-order valence-corrected chi connectivity index (χ0v) is 13.0. The third-order valence-electron chi connectivity index (χ3n) is 6.17. The van der Waals surface area contributed by atoms with E-state index in [2.05, 4.69) is 29.4 Å². The molecule has 0 aliphatic heterocycles. The number of hydrogen-bond acceptors (Lipinski definition) is 2. The van der Waals surface area contributed by atoms with Crippen LogP contribution in [0.15, 0.2) is 6.20 Å². The van der Waals surface area contributed by atoms with Crippen LogP contribution in [0.3, 0.4) is 0 Å². The van der Waals surface area contributed by atoms with Crippen LogP contribution in [0.25, 0.3) is 0 Å². The number of carbonyl (C=O) groups excluding carboxylic acids is 1. The van der Waals surface area contributed by atoms with Crippen LogP contribution in [0.5, 0.6) is 0 Å². The normalized spacial score (nSPS) is 40.5. The molecule has 0 saturated heterocycles. The van der Waals surface area contributed by atoms with Gasteiger partial charge < -0.3 is 5.32 Å². The monoisotopic (exact) mass is 287 g/mol. The molecule has 1 heterocycles. The number of aryl methyl sites for hydroxylation is 1. The number of anilines is 1. The Morgan fingerprint density at radius 2 is 2.10 bits per heavy atom. The van der Waals surface area contributed by atoms with Crippen molar-refractivity contribution in [3.05, 3.63) is 11.8 Å². The fourth-order valence-electron chi connectivity index (χ4n) is 5.92. The highest BCUT2D eigenvalue weighted by Gasteiger charge is 2.58. The number of aromatic nitrogens is 2. The minimum atomic E-state index is -0.116. The highest BCUT2D eigenvalue weighted by molar-refractivity contribution is 5.95. The fraction of sp³-hybridized carbons (Fsp3) is 0.765. The highest BCUT2D eigenvalue weighted by Crippen LogP contribution is 2.65. The van der Waals surface area contributed by atoms with E-state index in [9.17, 15) is 4.79 Å². The van der Waals surface area contributed by atoms with E-state index >= 15 is 0 Å². The van der Waals surface area contributed by atoms with Crippen LogP contribution < -0.4 is 5.32 Å². The smallest absolute Gasteiger partial charge is 0.231 e. The predicted octanol–water partition coefficient (Wildman–Crippen LogP) is 3.52. The van der Waals surface area contributed by atoms with Gasteiger partial charge in [0.1, 0.15) is 5.82 Å². The van der Waals surface area contributed by atoms with E-state index in [1.54, 1.807) is 0 Å². The summed E-state index contributed by atoms with van der Waals surface area (Å²) in [5.41, 5.74) is 1.39. The van der Waals surface area contributed by atoms with Crippen molar-refractivity contribution in [2.75, 3.05) is 5.32 Å². The maximum absolute atomic E-state index is 13.0. The average Bonchev–Trinajstić information content (AvgIpc) is 2.83. The summed E-state index contributed by atoms with van der Waals surface area (Å²) in [5, 5.41) is 10.2. The molecule has 0 spiro atoms. The van der Waals surface area contributed by atoms with Crippen molar-refractivity contribution >= 4 is 11.7 Å². The Bertz CT molecular complexity index is 562. The van der Waals surface area contributed by atoms with Crippen LogP contribution in [-0.4, -0.2) is 16.1 Å². The molecule has 0 radical (unpaired) electrons. The quantitative estimate of drug-likeness (QED) is 0.893. The molecule has 2 N–H and O–H groups in total. The molecule has 114 valence electrons. The molecule has 4 aliphatic rings. The molecule has 2 atom stereocenters. The molecule has 5 rings (SSSR count). The van der Waals surface area contributed by atoms with Gasteiger partial charge in [-0.3, -0.25) is 9.89 Å². The standard InChI is InChI=1S/C17H25N3O/c1-3-13-9-18-20-14(13)19-15(21)17-7-11-4-12(8-17)6-16(2,5-11)10-17/h9,11-12H,3-8,10H2,1-2H3,(H2,18,19,20,21). The zero-order chi connectivity index (χ0) is 14.7. The number of hydrogen-bond donors (Lipinski definition) is 2. The lowest BCUT2D eigenvalue weighted by atomic mass is 9.44. The van der Waals surface area contributed by atoms with Crippen molar-refractivity contribution in [1.82, 2.24) is 10.2 Å². The second-order valence-electron chi connectivity index (χ2n) is 8.13. The first-order valence-corrected chi connectivity index (χ1v) is 8.36. The van der Waals surface area contributed by atoms with E-state index in [0.29, 0.717) is 5.41 Å². The average molecular weight is 287 g/mol. The van der Waals surface area contributed by atoms with Crippen molar-refractivity contribution in [3.63, 3.8) is 0 Å². The molecule has 1 amide bonds. The molecule has 4 bridgehead atoms. The molecular weight excluding hydrogens is 262 g/mol. The number of H-pyrrole nitrogens is 1. The summed E-state index contributed by atoms with van der Waals surface area (Å²) in [6.07, 6.45) is 10.0. The second-order valence-corrected chi connectivity index (χ2v) is 8.13. The van der Waals surface area contributed by atoms with Crippen LogP contribution in [0.1, 0.15) is 57.9 Å². The van der Waals surface area contributed by atoms with Crippen LogP contribution in [0, 0.1) is 22.7 Å². The first-order valence-electron chi connectivity index (χ1n) is 8.36. The van der Waals surface area contributed by atoms with Crippen molar-refractivity contribution in [2.24, 2.45) is 22.7 Å². The molecule has 1 aromatic heterocycles. The first kappa shape index (κ1) is 13.4. The van der Waals surface area contributed by atoms with Gasteiger partial charge in [0.25, 0.3) is 0 Å². The summed E-state index contributed by atoms with van der Waals surface area (Å²) in [7, 11) is 0. The van der Waals surface area contributed by atoms with E-state index in [1.165, 1.54) is 19.3 Å². The molecule has 4 nitrogen and oxygen atoms in total. The van der Waals surface area contributed by atoms with Gasteiger partial charge in [0.2, 0.25) is 5.91 Å². The highest BCUT2D eigenvalue weighted by atomic mass is 16.2. The Balaban J connectivity index is 1.59. The minimum Gasteiger partial charge on any atom is -0.310 e. The summed E-state index contributed by atoms with van der Waals surface area (Å²) >= 11 is 0. The van der Waals surface area contributed by atoms with E-state index in [4.69, 9.17) is 0 Å². The molecule has 4 fully saturated rings. The number of nitrogens with zero attached hydrogens (tertiary/aromatic N) is 1. The summed E-state index contributed by atoms with van der Waals surface area (Å²) in [6.45, 7) is 4.49. The Morgan fingerprint density at radius 3 is 2.71 bits per heavy atom. The first-order chi connectivity index (χ1) is 10.0. The summed E-state index contributed by atoms with van der Waals surface area (Å²) in [4.78, 5) is 13.0. The molecular formula is C17H25N3O. The number of nitrogens with one attached hydrogen (secondary N) is 2. The third kappa shape index (κ3) is 2.02. The molecule has 4 saturated carbocycles. The predicted molar refractivity (Wildman–Crippen MR) is 81.8 cm³/mol. The topological polar surface area (TPSA) is 57.8 Å². The van der Waals surface area contributed by atoms with Crippen LogP contribution >= 0.6 is 0 Å². The van der Waals surface area contributed by atoms with Gasteiger partial charge in [0, 0.05) is 5.56 Å². The van der Waals surface area contributed by atoms with Crippen LogP contribution in [0.4, 0.5) is 5.82 Å². The van der Waals surface area contributed by atoms with Gasteiger partial charge in [-0.1, -0.05) is 13.8 Å². The van der Waals surface area contributed by atoms with Gasteiger partial charge in [-0.25, -0.2) is 0 Å². The van der Waals surface area contributed by atoms with E-state index < -0.39 is 0 Å². The summed E-state index contributed by atoms with van der Waals surface area (Å²) < 4.78 is 0. The number of aromatic amines is 1. The van der Waals surface area contributed by atoms with Gasteiger partial charge in [0.15, 0.2) is 0 Å². The van der Waals surface area contributed by atoms with Crippen LogP contribution in [0.2, 0.25) is 0 Å². The van der Waals surface area contributed by atoms with Gasteiger partial charge in [-0.05, 0) is 62.2 Å². The van der Waals surface area contributed by atoms with Crippen molar-refractivity contribution in [1.29, 1.82) is 0 Å². The fourth-order valence-corrected chi connectivity index (χ4v) is 5.92. The van der Waals surface area contributed by atoms with Crippen molar-refractivity contribution in [3.8, 4) is 0 Å². The maximum Gasteiger partial charge on any atom is 0.231 e. The van der Waals surface area contributed by atoms with Gasteiger partial charge in [0.05, 0.1) is 11.6 Å².